The van der Waals surface area contributed by atoms with E-state index in [1.807, 2.05) is 50.4 Å². The zero-order chi connectivity index (χ0) is 27.5. The molecule has 1 unspecified atom stereocenters. The number of hydrogen-bond acceptors (Lipinski definition) is 5. The van der Waals surface area contributed by atoms with Gasteiger partial charge in [0, 0.05) is 43.3 Å². The summed E-state index contributed by atoms with van der Waals surface area (Å²) in [6.45, 7) is 1.88. The highest BCUT2D eigenvalue weighted by atomic mass is 32.2. The van der Waals surface area contributed by atoms with Crippen molar-refractivity contribution in [2.24, 2.45) is 13.0 Å². The van der Waals surface area contributed by atoms with Crippen LogP contribution in [0.5, 0.6) is 0 Å². The molecule has 1 aliphatic rings. The van der Waals surface area contributed by atoms with Crippen molar-refractivity contribution in [1.82, 2.24) is 24.5 Å². The smallest absolute Gasteiger partial charge is 0.248 e. The number of halogens is 2. The van der Waals surface area contributed by atoms with Crippen LogP contribution in [0.15, 0.2) is 65.7 Å². The Morgan fingerprint density at radius 1 is 1.03 bits per heavy atom. The normalized spacial score (nSPS) is 17.2. The van der Waals surface area contributed by atoms with Gasteiger partial charge in [-0.25, -0.2) is 21.9 Å². The van der Waals surface area contributed by atoms with Crippen LogP contribution in [0.1, 0.15) is 43.0 Å². The van der Waals surface area contributed by atoms with E-state index in [9.17, 15) is 17.2 Å². The van der Waals surface area contributed by atoms with E-state index in [4.69, 9.17) is 4.98 Å². The third kappa shape index (κ3) is 4.50. The molecule has 3 heterocycles. The zero-order valence-electron chi connectivity index (χ0n) is 22.0. The molecule has 1 fully saturated rings. The fourth-order valence-electron chi connectivity index (χ4n) is 6.06. The van der Waals surface area contributed by atoms with Crippen molar-refractivity contribution >= 4 is 31.8 Å². The molecule has 1 saturated carbocycles. The van der Waals surface area contributed by atoms with Crippen molar-refractivity contribution in [2.45, 2.75) is 49.5 Å². The minimum absolute atomic E-state index is 0.0727. The Morgan fingerprint density at radius 3 is 2.38 bits per heavy atom. The predicted molar refractivity (Wildman–Crippen MR) is 147 cm³/mol. The van der Waals surface area contributed by atoms with Gasteiger partial charge in [-0.1, -0.05) is 35.5 Å². The summed E-state index contributed by atoms with van der Waals surface area (Å²) < 4.78 is 57.5. The zero-order valence-corrected chi connectivity index (χ0v) is 22.8. The predicted octanol–water partition coefficient (Wildman–Crippen LogP) is 6.11. The van der Waals surface area contributed by atoms with Crippen LogP contribution < -0.4 is 0 Å². The molecule has 0 saturated heterocycles. The molecular weight excluding hydrogens is 520 g/mol. The first-order chi connectivity index (χ1) is 18.5. The molecule has 0 aliphatic heterocycles. The summed E-state index contributed by atoms with van der Waals surface area (Å²) in [5.41, 5.74) is 5.63. The quantitative estimate of drug-likeness (QED) is 0.264. The second-order valence-electron chi connectivity index (χ2n) is 10.6. The number of hydrogen-bond donors (Lipinski definition) is 0. The van der Waals surface area contributed by atoms with E-state index in [0.717, 1.165) is 38.9 Å². The van der Waals surface area contributed by atoms with Gasteiger partial charge in [0.1, 0.15) is 0 Å². The highest BCUT2D eigenvalue weighted by molar-refractivity contribution is 7.90. The summed E-state index contributed by atoms with van der Waals surface area (Å²) in [5, 5.41) is 9.14. The summed E-state index contributed by atoms with van der Waals surface area (Å²) in [6.07, 6.45) is 3.34. The lowest BCUT2D eigenvalue weighted by molar-refractivity contribution is -0.0493. The Kier molecular flexibility index (Phi) is 6.05. The molecule has 0 spiro atoms. The van der Waals surface area contributed by atoms with Gasteiger partial charge in [0.25, 0.3) is 0 Å². The Labute approximate surface area is 225 Å². The molecule has 0 amide bonds. The lowest BCUT2D eigenvalue weighted by Gasteiger charge is -2.35. The van der Waals surface area contributed by atoms with E-state index >= 15 is 0 Å². The monoisotopic (exact) mass is 549 g/mol. The Morgan fingerprint density at radius 2 is 1.74 bits per heavy atom. The van der Waals surface area contributed by atoms with E-state index in [2.05, 4.69) is 14.9 Å². The Bertz CT molecular complexity index is 1780. The van der Waals surface area contributed by atoms with E-state index in [1.54, 1.807) is 29.1 Å². The van der Waals surface area contributed by atoms with Crippen molar-refractivity contribution in [3.05, 3.63) is 72.1 Å². The number of rotatable bonds is 5. The summed E-state index contributed by atoms with van der Waals surface area (Å²) in [5.74, 6) is -2.74. The molecule has 0 radical (unpaired) electrons. The van der Waals surface area contributed by atoms with Gasteiger partial charge in [0.05, 0.1) is 38.9 Å². The summed E-state index contributed by atoms with van der Waals surface area (Å²) in [7, 11) is -1.66. The van der Waals surface area contributed by atoms with Gasteiger partial charge < -0.3 is 4.57 Å². The molecule has 39 heavy (non-hydrogen) atoms. The van der Waals surface area contributed by atoms with E-state index in [1.165, 1.54) is 6.26 Å². The highest BCUT2D eigenvalue weighted by Crippen LogP contribution is 2.46. The molecule has 7 nitrogen and oxygen atoms in total. The summed E-state index contributed by atoms with van der Waals surface area (Å²) in [4.78, 5) is 5.05. The molecule has 6 rings (SSSR count). The van der Waals surface area contributed by atoms with E-state index in [-0.39, 0.29) is 29.7 Å². The standard InChI is InChI=1S/C29H29F2N5O2S/c1-18-27(35(2)34-33-18)21-15-25-26(32-17-21)23-10-9-22(39(3,37)38)16-24(23)36(25)28(19-7-5-4-6-8-19)20-11-13-29(30,31)14-12-20/h4-10,15-17,20,28H,11-14H2,1-3H3. The molecule has 1 atom stereocenters. The second kappa shape index (κ2) is 9.22. The SMILES string of the molecule is Cc1nnn(C)c1-c1cnc2c3ccc(S(C)(=O)=O)cc3n(C(c3ccccc3)C3CCC(F)(F)CC3)c2c1. The van der Waals surface area contributed by atoms with Crippen LogP contribution in [-0.2, 0) is 16.9 Å². The number of aryl methyl sites for hydroxylation is 2. The van der Waals surface area contributed by atoms with Gasteiger partial charge in [0.15, 0.2) is 9.84 Å². The van der Waals surface area contributed by atoms with Gasteiger partial charge in [-0.15, -0.1) is 5.10 Å². The molecule has 202 valence electrons. The first kappa shape index (κ1) is 25.6. The summed E-state index contributed by atoms with van der Waals surface area (Å²) >= 11 is 0. The van der Waals surface area contributed by atoms with Crippen LogP contribution in [0.2, 0.25) is 0 Å². The number of sulfone groups is 1. The maximum atomic E-state index is 14.3. The fourth-order valence-corrected chi connectivity index (χ4v) is 6.70. The van der Waals surface area contributed by atoms with Gasteiger partial charge in [-0.2, -0.15) is 0 Å². The number of aromatic nitrogens is 5. The van der Waals surface area contributed by atoms with Crippen LogP contribution in [-0.4, -0.2) is 45.1 Å². The number of nitrogens with zero attached hydrogens (tertiary/aromatic N) is 5. The Hall–Kier alpha value is -3.66. The van der Waals surface area contributed by atoms with Crippen LogP contribution >= 0.6 is 0 Å². The number of benzene rings is 2. The van der Waals surface area contributed by atoms with Crippen LogP contribution in [0.3, 0.4) is 0 Å². The number of fused-ring (bicyclic) bond motifs is 3. The lowest BCUT2D eigenvalue weighted by Crippen LogP contribution is -2.30. The van der Waals surface area contributed by atoms with E-state index in [0.29, 0.717) is 18.4 Å². The van der Waals surface area contributed by atoms with Crippen molar-refractivity contribution in [1.29, 1.82) is 0 Å². The third-order valence-corrected chi connectivity index (χ3v) is 9.05. The average molecular weight is 550 g/mol. The van der Waals surface area contributed by atoms with Gasteiger partial charge in [-0.05, 0) is 55.5 Å². The van der Waals surface area contributed by atoms with E-state index < -0.39 is 15.8 Å². The van der Waals surface area contributed by atoms with Crippen molar-refractivity contribution < 1.29 is 17.2 Å². The van der Waals surface area contributed by atoms with Crippen molar-refractivity contribution in [2.75, 3.05) is 6.26 Å². The minimum atomic E-state index is -3.49. The lowest BCUT2D eigenvalue weighted by atomic mass is 9.79. The van der Waals surface area contributed by atoms with Crippen LogP contribution in [0.4, 0.5) is 8.78 Å². The molecule has 3 aromatic heterocycles. The topological polar surface area (TPSA) is 82.7 Å². The molecule has 2 aromatic carbocycles. The van der Waals surface area contributed by atoms with Crippen LogP contribution in [0, 0.1) is 12.8 Å². The Balaban J connectivity index is 1.68. The highest BCUT2D eigenvalue weighted by Gasteiger charge is 2.39. The van der Waals surface area contributed by atoms with Gasteiger partial charge >= 0.3 is 0 Å². The average Bonchev–Trinajstić information content (AvgIpc) is 3.40. The molecule has 10 heteroatoms. The fraction of sp³-hybridized carbons (Fsp3) is 0.345. The summed E-state index contributed by atoms with van der Waals surface area (Å²) in [6, 6.07) is 16.7. The van der Waals surface area contributed by atoms with Gasteiger partial charge in [0.2, 0.25) is 5.92 Å². The molecule has 0 bridgehead atoms. The first-order valence-electron chi connectivity index (χ1n) is 13.0. The first-order valence-corrected chi connectivity index (χ1v) is 14.9. The van der Waals surface area contributed by atoms with Crippen LogP contribution in [0.25, 0.3) is 33.2 Å². The van der Waals surface area contributed by atoms with Crippen molar-refractivity contribution in [3.8, 4) is 11.3 Å². The molecule has 1 aliphatic carbocycles. The largest absolute Gasteiger partial charge is 0.331 e. The maximum absolute atomic E-state index is 14.3. The maximum Gasteiger partial charge on any atom is 0.248 e. The van der Waals surface area contributed by atoms with Gasteiger partial charge in [-0.3, -0.25) is 4.98 Å². The molecule has 0 N–H and O–H groups in total. The van der Waals surface area contributed by atoms with Crippen molar-refractivity contribution in [3.63, 3.8) is 0 Å². The third-order valence-electron chi connectivity index (χ3n) is 7.94. The number of alkyl halides is 2. The number of pyridine rings is 1. The minimum Gasteiger partial charge on any atom is -0.331 e. The second-order valence-corrected chi connectivity index (χ2v) is 12.6. The molecule has 5 aromatic rings. The molecular formula is C29H29F2N5O2S.